The molecule has 1 amide bonds. The molecule has 1 aliphatic heterocycles. The molecule has 32 heavy (non-hydrogen) atoms. The number of likely N-dealkylation sites (N-methyl/N-ethyl adjacent to an activating group) is 1. The monoisotopic (exact) mass is 425 g/mol. The molecule has 4 aromatic rings. The highest BCUT2D eigenvalue weighted by atomic mass is 16.2. The number of rotatable bonds is 5. The van der Waals surface area contributed by atoms with Gasteiger partial charge in [-0.3, -0.25) is 4.79 Å². The number of carbonyl (C=O) groups is 1. The van der Waals surface area contributed by atoms with Crippen molar-refractivity contribution in [3.63, 3.8) is 0 Å². The minimum atomic E-state index is 0.131. The highest BCUT2D eigenvalue weighted by Gasteiger charge is 2.20. The van der Waals surface area contributed by atoms with Crippen molar-refractivity contribution >= 4 is 33.3 Å². The number of anilines is 1. The van der Waals surface area contributed by atoms with Crippen LogP contribution in [0.1, 0.15) is 15.9 Å². The van der Waals surface area contributed by atoms with Crippen LogP contribution in [-0.2, 0) is 6.42 Å². The Morgan fingerprint density at radius 2 is 1.75 bits per heavy atom. The molecule has 0 aliphatic carbocycles. The molecule has 6 heteroatoms. The first-order valence-corrected chi connectivity index (χ1v) is 11.1. The van der Waals surface area contributed by atoms with Crippen LogP contribution in [0.25, 0.3) is 21.7 Å². The molecule has 1 fully saturated rings. The predicted octanol–water partition coefficient (Wildman–Crippen LogP) is 3.83. The number of carbonyl (C=O) groups excluding carboxylic acids is 1. The van der Waals surface area contributed by atoms with Gasteiger partial charge in [0.1, 0.15) is 0 Å². The predicted molar refractivity (Wildman–Crippen MR) is 129 cm³/mol. The SMILES string of the molecule is CN1CCN(C(=O)c2ccc3cc(CCNc4cnnc5ccccc45)ccc3c2)CC1. The zero-order chi connectivity index (χ0) is 21.9. The van der Waals surface area contributed by atoms with E-state index in [1.54, 1.807) is 6.20 Å². The van der Waals surface area contributed by atoms with E-state index < -0.39 is 0 Å². The van der Waals surface area contributed by atoms with Crippen LogP contribution in [0.2, 0.25) is 0 Å². The summed E-state index contributed by atoms with van der Waals surface area (Å²) in [4.78, 5) is 17.1. The van der Waals surface area contributed by atoms with E-state index in [-0.39, 0.29) is 5.91 Å². The largest absolute Gasteiger partial charge is 0.383 e. The summed E-state index contributed by atoms with van der Waals surface area (Å²) in [5, 5.41) is 15.1. The van der Waals surface area contributed by atoms with Crippen molar-refractivity contribution in [2.24, 2.45) is 0 Å². The molecule has 5 rings (SSSR count). The number of nitrogens with one attached hydrogen (secondary N) is 1. The van der Waals surface area contributed by atoms with E-state index in [2.05, 4.69) is 57.8 Å². The molecule has 1 aromatic heterocycles. The Kier molecular flexibility index (Phi) is 5.69. The van der Waals surface area contributed by atoms with Gasteiger partial charge in [-0.15, -0.1) is 0 Å². The molecule has 1 aliphatic rings. The molecule has 2 heterocycles. The van der Waals surface area contributed by atoms with Gasteiger partial charge in [0.05, 0.1) is 17.4 Å². The highest BCUT2D eigenvalue weighted by molar-refractivity contribution is 5.98. The van der Waals surface area contributed by atoms with Crippen molar-refractivity contribution < 1.29 is 4.79 Å². The van der Waals surface area contributed by atoms with Crippen LogP contribution in [0.5, 0.6) is 0 Å². The third-order valence-corrected chi connectivity index (χ3v) is 6.22. The lowest BCUT2D eigenvalue weighted by Gasteiger charge is -2.32. The summed E-state index contributed by atoms with van der Waals surface area (Å²) in [5.74, 6) is 0.131. The van der Waals surface area contributed by atoms with Crippen molar-refractivity contribution in [2.45, 2.75) is 6.42 Å². The first-order valence-electron chi connectivity index (χ1n) is 11.1. The Balaban J connectivity index is 1.26. The summed E-state index contributed by atoms with van der Waals surface area (Å²) >= 11 is 0. The van der Waals surface area contributed by atoms with Crippen molar-refractivity contribution in [2.75, 3.05) is 45.1 Å². The maximum atomic E-state index is 12.9. The van der Waals surface area contributed by atoms with Crippen molar-refractivity contribution in [3.05, 3.63) is 78.0 Å². The fourth-order valence-electron chi connectivity index (χ4n) is 4.27. The maximum Gasteiger partial charge on any atom is 0.253 e. The highest BCUT2D eigenvalue weighted by Crippen LogP contribution is 2.22. The summed E-state index contributed by atoms with van der Waals surface area (Å²) in [6.07, 6.45) is 2.68. The molecular weight excluding hydrogens is 398 g/mol. The second kappa shape index (κ2) is 8.93. The molecular formula is C26H27N5O. The van der Waals surface area contributed by atoms with Gasteiger partial charge in [-0.1, -0.05) is 42.5 Å². The average Bonchev–Trinajstić information content (AvgIpc) is 2.84. The molecule has 0 unspecified atom stereocenters. The second-order valence-electron chi connectivity index (χ2n) is 8.44. The van der Waals surface area contributed by atoms with E-state index in [4.69, 9.17) is 0 Å². The maximum absolute atomic E-state index is 12.9. The molecule has 1 N–H and O–H groups in total. The normalized spacial score (nSPS) is 14.7. The molecule has 1 saturated heterocycles. The third-order valence-electron chi connectivity index (χ3n) is 6.22. The molecule has 0 atom stereocenters. The number of fused-ring (bicyclic) bond motifs is 2. The van der Waals surface area contributed by atoms with Crippen LogP contribution < -0.4 is 5.32 Å². The lowest BCUT2D eigenvalue weighted by atomic mass is 10.0. The molecule has 6 nitrogen and oxygen atoms in total. The van der Waals surface area contributed by atoms with Crippen LogP contribution in [0.15, 0.2) is 66.9 Å². The van der Waals surface area contributed by atoms with Gasteiger partial charge >= 0.3 is 0 Å². The molecule has 162 valence electrons. The summed E-state index contributed by atoms with van der Waals surface area (Å²) < 4.78 is 0. The first-order chi connectivity index (χ1) is 15.7. The number of piperazine rings is 1. The number of hydrogen-bond acceptors (Lipinski definition) is 5. The number of amides is 1. The second-order valence-corrected chi connectivity index (χ2v) is 8.44. The Bertz CT molecular complexity index is 1260. The topological polar surface area (TPSA) is 61.4 Å². The number of benzene rings is 3. The van der Waals surface area contributed by atoms with Gasteiger partial charge in [0, 0.05) is 43.7 Å². The van der Waals surface area contributed by atoms with E-state index in [1.807, 2.05) is 35.2 Å². The zero-order valence-corrected chi connectivity index (χ0v) is 18.3. The smallest absolute Gasteiger partial charge is 0.253 e. The van der Waals surface area contributed by atoms with E-state index >= 15 is 0 Å². The average molecular weight is 426 g/mol. The van der Waals surface area contributed by atoms with Crippen LogP contribution in [0, 0.1) is 0 Å². The standard InChI is InChI=1S/C26H27N5O/c1-30-12-14-31(15-13-30)26(32)22-9-8-20-16-19(6-7-21(20)17-22)10-11-27-25-18-28-29-24-5-3-2-4-23(24)25/h2-9,16-18H,10-15H2,1H3,(H,27,29). The van der Waals surface area contributed by atoms with Crippen LogP contribution in [-0.4, -0.2) is 65.7 Å². The van der Waals surface area contributed by atoms with Crippen LogP contribution in [0.3, 0.4) is 0 Å². The minimum absolute atomic E-state index is 0.131. The Morgan fingerprint density at radius 1 is 0.969 bits per heavy atom. The summed E-state index contributed by atoms with van der Waals surface area (Å²) in [6.45, 7) is 4.26. The Hall–Kier alpha value is -3.51. The van der Waals surface area contributed by atoms with Gasteiger partial charge in [-0.05, 0) is 48.0 Å². The molecule has 0 radical (unpaired) electrons. The number of aromatic nitrogens is 2. The van der Waals surface area contributed by atoms with Gasteiger partial charge in [0.25, 0.3) is 5.91 Å². The van der Waals surface area contributed by atoms with Crippen LogP contribution >= 0.6 is 0 Å². The van der Waals surface area contributed by atoms with Gasteiger partial charge in [0.15, 0.2) is 0 Å². The molecule has 0 saturated carbocycles. The van der Waals surface area contributed by atoms with Crippen LogP contribution in [0.4, 0.5) is 5.69 Å². The van der Waals surface area contributed by atoms with E-state index in [0.717, 1.165) is 72.1 Å². The Morgan fingerprint density at radius 3 is 2.62 bits per heavy atom. The summed E-state index contributed by atoms with van der Waals surface area (Å²) in [7, 11) is 2.10. The number of hydrogen-bond donors (Lipinski definition) is 1. The number of nitrogens with zero attached hydrogens (tertiary/aromatic N) is 4. The fourth-order valence-corrected chi connectivity index (χ4v) is 4.27. The van der Waals surface area contributed by atoms with Crippen molar-refractivity contribution in [1.82, 2.24) is 20.0 Å². The minimum Gasteiger partial charge on any atom is -0.383 e. The van der Waals surface area contributed by atoms with Gasteiger partial charge in [0.2, 0.25) is 0 Å². The summed E-state index contributed by atoms with van der Waals surface area (Å²) in [5.41, 5.74) is 3.93. The third kappa shape index (κ3) is 4.27. The van der Waals surface area contributed by atoms with E-state index in [9.17, 15) is 4.79 Å². The molecule has 0 spiro atoms. The van der Waals surface area contributed by atoms with Crippen molar-refractivity contribution in [1.29, 1.82) is 0 Å². The molecule has 3 aromatic carbocycles. The molecule has 0 bridgehead atoms. The van der Waals surface area contributed by atoms with Gasteiger partial charge in [-0.25, -0.2) is 0 Å². The lowest BCUT2D eigenvalue weighted by Crippen LogP contribution is -2.47. The first kappa shape index (κ1) is 20.4. The Labute approximate surface area is 187 Å². The fraction of sp³-hybridized carbons (Fsp3) is 0.269. The van der Waals surface area contributed by atoms with Crippen molar-refractivity contribution in [3.8, 4) is 0 Å². The quantitative estimate of drug-likeness (QED) is 0.527. The zero-order valence-electron chi connectivity index (χ0n) is 18.3. The van der Waals surface area contributed by atoms with Gasteiger partial charge < -0.3 is 15.1 Å². The van der Waals surface area contributed by atoms with E-state index in [1.165, 1.54) is 5.56 Å². The summed E-state index contributed by atoms with van der Waals surface area (Å²) in [6, 6.07) is 20.5. The van der Waals surface area contributed by atoms with E-state index in [0.29, 0.717) is 0 Å². The van der Waals surface area contributed by atoms with Gasteiger partial charge in [-0.2, -0.15) is 10.2 Å². The lowest BCUT2D eigenvalue weighted by molar-refractivity contribution is 0.0664.